The number of amides is 3. The predicted molar refractivity (Wildman–Crippen MR) is 70.4 cm³/mol. The number of nitrogens with zero attached hydrogens (tertiary/aromatic N) is 1. The molecule has 2 bridgehead atoms. The molecule has 4 atom stereocenters. The van der Waals surface area contributed by atoms with Gasteiger partial charge in [0.05, 0.1) is 18.1 Å². The molecule has 21 heavy (non-hydrogen) atoms. The summed E-state index contributed by atoms with van der Waals surface area (Å²) in [6, 6.07) is 3.06. The molecule has 0 radical (unpaired) electrons. The Balaban J connectivity index is 1.59. The van der Waals surface area contributed by atoms with E-state index in [1.807, 2.05) is 12.2 Å². The Morgan fingerprint density at radius 1 is 1.14 bits per heavy atom. The van der Waals surface area contributed by atoms with Gasteiger partial charge in [0, 0.05) is 0 Å². The summed E-state index contributed by atoms with van der Waals surface area (Å²) in [5.74, 6) is -1.53. The lowest BCUT2D eigenvalue weighted by molar-refractivity contribution is -0.143. The maximum atomic E-state index is 12.5. The van der Waals surface area contributed by atoms with E-state index in [1.165, 1.54) is 12.3 Å². The van der Waals surface area contributed by atoms with Crippen LogP contribution in [-0.4, -0.2) is 22.7 Å². The van der Waals surface area contributed by atoms with Crippen molar-refractivity contribution in [3.8, 4) is 0 Å². The van der Waals surface area contributed by atoms with Gasteiger partial charge in [0.2, 0.25) is 0 Å². The first-order valence-corrected chi connectivity index (χ1v) is 7.07. The Bertz CT molecular complexity index is 617. The van der Waals surface area contributed by atoms with Gasteiger partial charge < -0.3 is 4.42 Å². The standard InChI is InChI=1S/C15H14N2O4/c18-13(10-2-1-7-21-10)16-17-14(19)11-8-3-4-9(6-5-8)12(11)15(17)20/h1-4,7-9,11-12H,5-6H2,(H,16,18). The largest absolute Gasteiger partial charge is 0.459 e. The number of nitrogens with one attached hydrogen (secondary N) is 1. The Kier molecular flexibility index (Phi) is 2.54. The lowest BCUT2D eigenvalue weighted by Crippen LogP contribution is -2.46. The smallest absolute Gasteiger partial charge is 0.305 e. The molecule has 3 amide bonds. The van der Waals surface area contributed by atoms with Gasteiger partial charge in [0.25, 0.3) is 11.8 Å². The number of hydrogen-bond acceptors (Lipinski definition) is 4. The second kappa shape index (κ2) is 4.31. The molecule has 1 N–H and O–H groups in total. The Morgan fingerprint density at radius 2 is 1.76 bits per heavy atom. The lowest BCUT2D eigenvalue weighted by atomic mass is 9.63. The van der Waals surface area contributed by atoms with Gasteiger partial charge in [-0.1, -0.05) is 12.2 Å². The summed E-state index contributed by atoms with van der Waals surface area (Å²) in [4.78, 5) is 36.9. The van der Waals surface area contributed by atoms with Gasteiger partial charge >= 0.3 is 5.91 Å². The van der Waals surface area contributed by atoms with E-state index in [0.29, 0.717) is 0 Å². The van der Waals surface area contributed by atoms with Gasteiger partial charge in [-0.25, -0.2) is 0 Å². The number of furan rings is 1. The molecule has 108 valence electrons. The zero-order valence-corrected chi connectivity index (χ0v) is 11.2. The van der Waals surface area contributed by atoms with Gasteiger partial charge in [0.1, 0.15) is 0 Å². The van der Waals surface area contributed by atoms with Crippen molar-refractivity contribution in [2.75, 3.05) is 0 Å². The Labute approximate surface area is 120 Å². The molecule has 1 aromatic heterocycles. The van der Waals surface area contributed by atoms with Crippen molar-refractivity contribution < 1.29 is 18.8 Å². The van der Waals surface area contributed by atoms with E-state index in [1.54, 1.807) is 6.07 Å². The summed E-state index contributed by atoms with van der Waals surface area (Å²) in [6.07, 6.45) is 7.31. The average Bonchev–Trinajstić information content (AvgIpc) is 3.13. The maximum absolute atomic E-state index is 12.5. The SMILES string of the molecule is O=C(NN1C(=O)C2C3C=CC(CC3)C2C1=O)c1ccco1. The third-order valence-corrected chi connectivity index (χ3v) is 4.72. The van der Waals surface area contributed by atoms with E-state index in [4.69, 9.17) is 4.42 Å². The lowest BCUT2D eigenvalue weighted by Gasteiger charge is -2.37. The Morgan fingerprint density at radius 3 is 2.24 bits per heavy atom. The molecular formula is C15H14N2O4. The number of hydrogen-bond donors (Lipinski definition) is 1. The minimum absolute atomic E-state index is 0.0755. The molecular weight excluding hydrogens is 272 g/mol. The van der Waals surface area contributed by atoms with Crippen LogP contribution in [0, 0.1) is 23.7 Å². The molecule has 0 spiro atoms. The summed E-state index contributed by atoms with van der Waals surface area (Å²) < 4.78 is 4.98. The fraction of sp³-hybridized carbons (Fsp3) is 0.400. The number of hydrazine groups is 1. The van der Waals surface area contributed by atoms with Crippen molar-refractivity contribution in [1.29, 1.82) is 0 Å². The molecule has 4 unspecified atom stereocenters. The second-order valence-corrected chi connectivity index (χ2v) is 5.77. The van der Waals surface area contributed by atoms with Gasteiger partial charge in [-0.2, -0.15) is 5.01 Å². The fourth-order valence-corrected chi connectivity index (χ4v) is 3.75. The average molecular weight is 286 g/mol. The molecule has 6 heteroatoms. The predicted octanol–water partition coefficient (Wildman–Crippen LogP) is 1.12. The highest BCUT2D eigenvalue weighted by atomic mass is 16.3. The number of fused-ring (bicyclic) bond motifs is 1. The van der Waals surface area contributed by atoms with Crippen LogP contribution in [0.1, 0.15) is 23.4 Å². The molecule has 1 saturated heterocycles. The van der Waals surface area contributed by atoms with Gasteiger partial charge in [0.15, 0.2) is 5.76 Å². The summed E-state index contributed by atoms with van der Waals surface area (Å²) in [7, 11) is 0. The summed E-state index contributed by atoms with van der Waals surface area (Å²) in [5, 5.41) is 0.887. The highest BCUT2D eigenvalue weighted by molar-refractivity contribution is 6.08. The highest BCUT2D eigenvalue weighted by Crippen LogP contribution is 2.49. The third kappa shape index (κ3) is 1.68. The van der Waals surface area contributed by atoms with Gasteiger partial charge in [-0.05, 0) is 36.8 Å². The number of carbonyl (C=O) groups excluding carboxylic acids is 3. The van der Waals surface area contributed by atoms with Crippen LogP contribution < -0.4 is 5.43 Å². The van der Waals surface area contributed by atoms with Crippen molar-refractivity contribution in [1.82, 2.24) is 10.4 Å². The minimum atomic E-state index is -0.583. The summed E-state index contributed by atoms with van der Waals surface area (Å²) in [6.45, 7) is 0. The van der Waals surface area contributed by atoms with Gasteiger partial charge in [-0.15, -0.1) is 0 Å². The van der Waals surface area contributed by atoms with Crippen LogP contribution in [-0.2, 0) is 9.59 Å². The van der Waals surface area contributed by atoms with Crippen molar-refractivity contribution in [3.05, 3.63) is 36.3 Å². The monoisotopic (exact) mass is 286 g/mol. The van der Waals surface area contributed by atoms with Crippen molar-refractivity contribution in [3.63, 3.8) is 0 Å². The molecule has 1 saturated carbocycles. The first-order valence-electron chi connectivity index (χ1n) is 7.07. The van der Waals surface area contributed by atoms with Crippen molar-refractivity contribution in [2.24, 2.45) is 23.7 Å². The van der Waals surface area contributed by atoms with E-state index in [2.05, 4.69) is 5.43 Å². The van der Waals surface area contributed by atoms with Gasteiger partial charge in [-0.3, -0.25) is 19.8 Å². The van der Waals surface area contributed by atoms with E-state index >= 15 is 0 Å². The number of carbonyl (C=O) groups is 3. The second-order valence-electron chi connectivity index (χ2n) is 5.77. The van der Waals surface area contributed by atoms with E-state index in [9.17, 15) is 14.4 Å². The molecule has 5 rings (SSSR count). The van der Waals surface area contributed by atoms with Crippen molar-refractivity contribution in [2.45, 2.75) is 12.8 Å². The first kappa shape index (κ1) is 12.4. The molecule has 1 aliphatic heterocycles. The van der Waals surface area contributed by atoms with Crippen LogP contribution in [0.2, 0.25) is 0 Å². The molecule has 2 heterocycles. The highest BCUT2D eigenvalue weighted by Gasteiger charge is 2.57. The van der Waals surface area contributed by atoms with E-state index in [-0.39, 0.29) is 41.2 Å². The van der Waals surface area contributed by atoms with Crippen molar-refractivity contribution >= 4 is 17.7 Å². The molecule has 4 aliphatic rings. The molecule has 6 nitrogen and oxygen atoms in total. The third-order valence-electron chi connectivity index (χ3n) is 4.72. The Hall–Kier alpha value is -2.37. The van der Waals surface area contributed by atoms with Crippen LogP contribution in [0.4, 0.5) is 0 Å². The fourth-order valence-electron chi connectivity index (χ4n) is 3.75. The molecule has 2 fully saturated rings. The first-order chi connectivity index (χ1) is 10.2. The van der Waals surface area contributed by atoms with Crippen LogP contribution >= 0.6 is 0 Å². The molecule has 1 aromatic rings. The van der Waals surface area contributed by atoms with Crippen LogP contribution in [0.25, 0.3) is 0 Å². The topological polar surface area (TPSA) is 79.6 Å². The minimum Gasteiger partial charge on any atom is -0.459 e. The number of rotatable bonds is 2. The van der Waals surface area contributed by atoms with E-state index in [0.717, 1.165) is 17.9 Å². The maximum Gasteiger partial charge on any atom is 0.305 e. The zero-order valence-electron chi connectivity index (χ0n) is 11.2. The number of imide groups is 1. The van der Waals surface area contributed by atoms with Crippen LogP contribution in [0.5, 0.6) is 0 Å². The normalized spacial score (nSPS) is 33.4. The zero-order chi connectivity index (χ0) is 14.6. The molecule has 0 aromatic carbocycles. The summed E-state index contributed by atoms with van der Waals surface area (Å²) in [5.41, 5.74) is 2.38. The van der Waals surface area contributed by atoms with Crippen LogP contribution in [0.3, 0.4) is 0 Å². The van der Waals surface area contributed by atoms with E-state index < -0.39 is 5.91 Å². The number of allylic oxidation sites excluding steroid dienone is 2. The van der Waals surface area contributed by atoms with Crippen LogP contribution in [0.15, 0.2) is 35.0 Å². The quantitative estimate of drug-likeness (QED) is 0.652. The summed E-state index contributed by atoms with van der Waals surface area (Å²) >= 11 is 0. The molecule has 3 aliphatic carbocycles.